The topological polar surface area (TPSA) is 84.2 Å². The summed E-state index contributed by atoms with van der Waals surface area (Å²) in [5.74, 6) is -0.243. The number of benzene rings is 2. The van der Waals surface area contributed by atoms with Crippen LogP contribution in [0.25, 0.3) is 17.0 Å². The molecule has 3 aromatic rings. The maximum atomic E-state index is 12.3. The molecule has 0 radical (unpaired) electrons. The van der Waals surface area contributed by atoms with Crippen LogP contribution in [-0.2, 0) is 20.9 Å². The summed E-state index contributed by atoms with van der Waals surface area (Å²) < 4.78 is 26.9. The number of allylic oxidation sites excluding steroid dienone is 1. The van der Waals surface area contributed by atoms with Crippen molar-refractivity contribution in [3.8, 4) is 11.5 Å². The zero-order chi connectivity index (χ0) is 22.2. The van der Waals surface area contributed by atoms with Crippen LogP contribution in [0, 0.1) is 0 Å². The van der Waals surface area contributed by atoms with Gasteiger partial charge in [-0.2, -0.15) is 0 Å². The summed E-state index contributed by atoms with van der Waals surface area (Å²) in [5, 5.41) is 0.681. The van der Waals surface area contributed by atoms with Gasteiger partial charge < -0.3 is 23.4 Å². The molecule has 0 bridgehead atoms. The highest BCUT2D eigenvalue weighted by Gasteiger charge is 2.22. The van der Waals surface area contributed by atoms with Crippen LogP contribution in [0.4, 0.5) is 0 Å². The first-order chi connectivity index (χ1) is 15.1. The Kier molecular flexibility index (Phi) is 7.32. The van der Waals surface area contributed by atoms with E-state index in [4.69, 9.17) is 23.4 Å². The maximum absolute atomic E-state index is 12.3. The van der Waals surface area contributed by atoms with E-state index < -0.39 is 11.9 Å². The minimum atomic E-state index is -0.605. The lowest BCUT2D eigenvalue weighted by molar-refractivity contribution is -0.147. The van der Waals surface area contributed by atoms with Crippen molar-refractivity contribution in [3.63, 3.8) is 0 Å². The van der Waals surface area contributed by atoms with E-state index in [1.165, 1.54) is 7.11 Å². The lowest BCUT2D eigenvalue weighted by Crippen LogP contribution is -2.16. The first-order valence-corrected chi connectivity index (χ1v) is 9.84. The molecule has 0 aliphatic rings. The largest absolute Gasteiger partial charge is 0.493 e. The Morgan fingerprint density at radius 3 is 2.61 bits per heavy atom. The third kappa shape index (κ3) is 5.25. The van der Waals surface area contributed by atoms with Gasteiger partial charge in [-0.05, 0) is 37.6 Å². The summed E-state index contributed by atoms with van der Waals surface area (Å²) in [6, 6.07) is 12.5. The van der Waals surface area contributed by atoms with Crippen molar-refractivity contribution < 1.29 is 33.0 Å². The minimum Gasteiger partial charge on any atom is -0.493 e. The van der Waals surface area contributed by atoms with Gasteiger partial charge in [0.15, 0.2) is 18.1 Å². The molecule has 31 heavy (non-hydrogen) atoms. The Morgan fingerprint density at radius 2 is 1.87 bits per heavy atom. The number of hydrogen-bond acceptors (Lipinski definition) is 7. The molecule has 0 aliphatic carbocycles. The van der Waals surface area contributed by atoms with Crippen LogP contribution >= 0.6 is 0 Å². The Balaban J connectivity index is 1.68. The Morgan fingerprint density at radius 1 is 1.06 bits per heavy atom. The van der Waals surface area contributed by atoms with E-state index in [9.17, 15) is 9.59 Å². The fourth-order valence-electron chi connectivity index (χ4n) is 3.03. The van der Waals surface area contributed by atoms with Crippen molar-refractivity contribution in [2.45, 2.75) is 20.5 Å². The molecular formula is C24H24O7. The number of carbonyl (C=O) groups is 2. The van der Waals surface area contributed by atoms with Gasteiger partial charge in [-0.3, -0.25) is 0 Å². The molecule has 162 valence electrons. The van der Waals surface area contributed by atoms with E-state index in [0.717, 1.165) is 5.56 Å². The Hall–Kier alpha value is -3.74. The van der Waals surface area contributed by atoms with Crippen molar-refractivity contribution in [2.75, 3.05) is 20.3 Å². The molecule has 0 fully saturated rings. The molecule has 0 spiro atoms. The van der Waals surface area contributed by atoms with E-state index in [1.807, 2.05) is 37.3 Å². The van der Waals surface area contributed by atoms with Gasteiger partial charge in [-0.25, -0.2) is 9.59 Å². The molecule has 3 rings (SSSR count). The van der Waals surface area contributed by atoms with E-state index in [0.29, 0.717) is 28.0 Å². The highest BCUT2D eigenvalue weighted by molar-refractivity contribution is 5.96. The van der Waals surface area contributed by atoms with E-state index in [1.54, 1.807) is 31.2 Å². The minimum absolute atomic E-state index is 0.0259. The summed E-state index contributed by atoms with van der Waals surface area (Å²) in [4.78, 5) is 24.5. The molecule has 0 saturated carbocycles. The zero-order valence-corrected chi connectivity index (χ0v) is 17.7. The van der Waals surface area contributed by atoms with E-state index in [2.05, 4.69) is 0 Å². The number of esters is 2. The van der Waals surface area contributed by atoms with Gasteiger partial charge in [0.1, 0.15) is 12.2 Å². The highest BCUT2D eigenvalue weighted by atomic mass is 16.6. The third-order valence-corrected chi connectivity index (χ3v) is 4.43. The van der Waals surface area contributed by atoms with Gasteiger partial charge in [0.2, 0.25) is 5.76 Å². The van der Waals surface area contributed by atoms with Gasteiger partial charge in [0, 0.05) is 5.39 Å². The van der Waals surface area contributed by atoms with Gasteiger partial charge >= 0.3 is 11.9 Å². The quantitative estimate of drug-likeness (QED) is 0.457. The molecule has 0 saturated heterocycles. The van der Waals surface area contributed by atoms with Crippen LogP contribution in [0.1, 0.15) is 35.5 Å². The lowest BCUT2D eigenvalue weighted by Gasteiger charge is -2.11. The number of carbonyl (C=O) groups excluding carboxylic acids is 2. The smallest absolute Gasteiger partial charge is 0.374 e. The number of hydrogen-bond donors (Lipinski definition) is 0. The molecule has 2 aromatic carbocycles. The van der Waals surface area contributed by atoms with Crippen LogP contribution in [0.5, 0.6) is 11.5 Å². The Labute approximate surface area is 180 Å². The van der Waals surface area contributed by atoms with Crippen molar-refractivity contribution in [1.29, 1.82) is 0 Å². The van der Waals surface area contributed by atoms with Gasteiger partial charge in [-0.15, -0.1) is 0 Å². The lowest BCUT2D eigenvalue weighted by atomic mass is 10.1. The Bertz CT molecular complexity index is 1090. The number of methoxy groups -OCH3 is 1. The molecule has 0 amide bonds. The molecule has 1 heterocycles. The van der Waals surface area contributed by atoms with Crippen molar-refractivity contribution >= 4 is 29.0 Å². The van der Waals surface area contributed by atoms with Gasteiger partial charge in [0.25, 0.3) is 0 Å². The second-order valence-electron chi connectivity index (χ2n) is 6.49. The zero-order valence-electron chi connectivity index (χ0n) is 17.7. The number of fused-ring (bicyclic) bond motifs is 1. The number of rotatable bonds is 9. The van der Waals surface area contributed by atoms with Crippen LogP contribution < -0.4 is 9.47 Å². The molecule has 7 heteroatoms. The first-order valence-electron chi connectivity index (χ1n) is 9.84. The predicted molar refractivity (Wildman–Crippen MR) is 115 cm³/mol. The monoisotopic (exact) mass is 424 g/mol. The molecule has 0 atom stereocenters. The van der Waals surface area contributed by atoms with Gasteiger partial charge in [0.05, 0.1) is 19.3 Å². The second kappa shape index (κ2) is 10.3. The normalized spacial score (nSPS) is 10.9. The van der Waals surface area contributed by atoms with Crippen molar-refractivity contribution in [3.05, 3.63) is 65.4 Å². The fourth-order valence-corrected chi connectivity index (χ4v) is 3.03. The van der Waals surface area contributed by atoms with Crippen molar-refractivity contribution in [1.82, 2.24) is 0 Å². The van der Waals surface area contributed by atoms with Gasteiger partial charge in [-0.1, -0.05) is 36.4 Å². The number of para-hydroxylation sites is 1. The number of ether oxygens (including phenoxy) is 4. The van der Waals surface area contributed by atoms with Crippen LogP contribution in [-0.4, -0.2) is 32.3 Å². The summed E-state index contributed by atoms with van der Waals surface area (Å²) in [6.45, 7) is 3.37. The average molecular weight is 424 g/mol. The molecular weight excluding hydrogens is 400 g/mol. The maximum Gasteiger partial charge on any atom is 0.374 e. The van der Waals surface area contributed by atoms with Crippen LogP contribution in [0.2, 0.25) is 0 Å². The van der Waals surface area contributed by atoms with Crippen molar-refractivity contribution in [2.24, 2.45) is 0 Å². The SMILES string of the molecule is C/C=C/c1ccc(OCC(=O)OCc2c(C(=O)OCC)oc3ccccc23)c(OC)c1. The summed E-state index contributed by atoms with van der Waals surface area (Å²) in [5.41, 5.74) is 1.92. The fraction of sp³-hybridized carbons (Fsp3) is 0.250. The standard InChI is InChI=1S/C24H24O7/c1-4-8-16-11-12-20(21(13-16)27-3)29-15-22(25)30-14-18-17-9-6-7-10-19(17)31-23(18)24(26)28-5-2/h4,6-13H,5,14-15H2,1-3H3/b8-4+. The summed E-state index contributed by atoms with van der Waals surface area (Å²) >= 11 is 0. The molecule has 0 aliphatic heterocycles. The van der Waals surface area contributed by atoms with Crippen LogP contribution in [0.3, 0.4) is 0 Å². The molecule has 0 unspecified atom stereocenters. The van der Waals surface area contributed by atoms with Crippen LogP contribution in [0.15, 0.2) is 53.0 Å². The predicted octanol–water partition coefficient (Wildman–Crippen LogP) is 4.77. The van der Waals surface area contributed by atoms with E-state index in [-0.39, 0.29) is 25.6 Å². The second-order valence-corrected chi connectivity index (χ2v) is 6.49. The summed E-state index contributed by atoms with van der Waals surface area (Å²) in [7, 11) is 1.53. The number of furan rings is 1. The highest BCUT2D eigenvalue weighted by Crippen LogP contribution is 2.29. The van der Waals surface area contributed by atoms with E-state index >= 15 is 0 Å². The molecule has 0 N–H and O–H groups in total. The first kappa shape index (κ1) is 22.0. The third-order valence-electron chi connectivity index (χ3n) is 4.43. The summed E-state index contributed by atoms with van der Waals surface area (Å²) in [6.07, 6.45) is 3.84. The molecule has 7 nitrogen and oxygen atoms in total. The average Bonchev–Trinajstić information content (AvgIpc) is 3.15. The molecule has 1 aromatic heterocycles.